The van der Waals surface area contributed by atoms with Gasteiger partial charge in [0, 0.05) is 42.6 Å². The van der Waals surface area contributed by atoms with E-state index in [0.29, 0.717) is 6.04 Å². The number of hydrogen-bond acceptors (Lipinski definition) is 3. The first-order valence-corrected chi connectivity index (χ1v) is 13.4. The smallest absolute Gasteiger partial charge is 0.0652 e. The maximum atomic E-state index is 4.75. The monoisotopic (exact) mass is 477 g/mol. The lowest BCUT2D eigenvalue weighted by atomic mass is 9.83. The Hall–Kier alpha value is -3.59. The number of allylic oxidation sites excluding steroid dienone is 3. The van der Waals surface area contributed by atoms with Gasteiger partial charge in [0.15, 0.2) is 0 Å². The first-order valence-electron chi connectivity index (χ1n) is 13.4. The summed E-state index contributed by atoms with van der Waals surface area (Å²) in [6, 6.07) is 27.0. The average molecular weight is 478 g/mol. The van der Waals surface area contributed by atoms with Gasteiger partial charge in [-0.3, -0.25) is 4.99 Å². The van der Waals surface area contributed by atoms with Gasteiger partial charge >= 0.3 is 0 Å². The molecule has 3 nitrogen and oxygen atoms in total. The summed E-state index contributed by atoms with van der Waals surface area (Å²) < 4.78 is 0. The highest BCUT2D eigenvalue weighted by Gasteiger charge is 2.20. The van der Waals surface area contributed by atoms with Crippen molar-refractivity contribution in [1.29, 1.82) is 0 Å². The highest BCUT2D eigenvalue weighted by molar-refractivity contribution is 6.19. The lowest BCUT2D eigenvalue weighted by Crippen LogP contribution is -2.21. The van der Waals surface area contributed by atoms with Crippen LogP contribution in [0.25, 0.3) is 11.1 Å². The van der Waals surface area contributed by atoms with Crippen molar-refractivity contribution >= 4 is 28.2 Å². The number of rotatable bonds is 9. The van der Waals surface area contributed by atoms with Crippen LogP contribution in [0, 0.1) is 0 Å². The lowest BCUT2D eigenvalue weighted by molar-refractivity contribution is 0.764. The van der Waals surface area contributed by atoms with Gasteiger partial charge in [0.2, 0.25) is 0 Å². The average Bonchev–Trinajstić information content (AvgIpc) is 2.92. The van der Waals surface area contributed by atoms with Crippen molar-refractivity contribution in [2.45, 2.75) is 47.1 Å². The number of fused-ring (bicyclic) bond motifs is 1. The quantitative estimate of drug-likeness (QED) is 0.337. The largest absolute Gasteiger partial charge is 0.383 e. The molecule has 1 aliphatic rings. The molecule has 1 aliphatic carbocycles. The number of nitrogens with zero attached hydrogens (tertiary/aromatic N) is 2. The van der Waals surface area contributed by atoms with Gasteiger partial charge in [-0.25, -0.2) is 0 Å². The Bertz CT molecular complexity index is 1240. The molecular formula is C33H39N3. The van der Waals surface area contributed by atoms with Gasteiger partial charge in [0.1, 0.15) is 0 Å². The highest BCUT2D eigenvalue weighted by Crippen LogP contribution is 2.38. The minimum absolute atomic E-state index is 0.450. The number of hydrogen-bond donors (Lipinski definition) is 1. The summed E-state index contributed by atoms with van der Waals surface area (Å²) in [4.78, 5) is 7.14. The first-order chi connectivity index (χ1) is 17.6. The van der Waals surface area contributed by atoms with E-state index < -0.39 is 0 Å². The molecule has 0 amide bonds. The van der Waals surface area contributed by atoms with Crippen molar-refractivity contribution in [3.8, 4) is 0 Å². The van der Waals surface area contributed by atoms with E-state index in [2.05, 4.69) is 130 Å². The Morgan fingerprint density at radius 2 is 1.39 bits per heavy atom. The van der Waals surface area contributed by atoms with Gasteiger partial charge in [-0.15, -0.1) is 0 Å². The third-order valence-corrected chi connectivity index (χ3v) is 6.98. The number of anilines is 2. The second kappa shape index (κ2) is 11.9. The Labute approximate surface area is 217 Å². The van der Waals surface area contributed by atoms with E-state index in [-0.39, 0.29) is 0 Å². The van der Waals surface area contributed by atoms with E-state index >= 15 is 0 Å². The second-order valence-corrected chi connectivity index (χ2v) is 9.28. The number of nitrogens with one attached hydrogen (secondary N) is 1. The van der Waals surface area contributed by atoms with Crippen molar-refractivity contribution in [2.24, 2.45) is 4.99 Å². The van der Waals surface area contributed by atoms with E-state index in [4.69, 9.17) is 4.99 Å². The van der Waals surface area contributed by atoms with Gasteiger partial charge < -0.3 is 10.2 Å². The molecule has 1 atom stereocenters. The summed E-state index contributed by atoms with van der Waals surface area (Å²) >= 11 is 0. The SMILES string of the molecule is CCN=C1C=CC(=C(c2ccc(NC(C)CC)cc2)c2ccc(N(CC)CC)cc2)c2ccccc21. The Kier molecular flexibility index (Phi) is 8.43. The third-order valence-electron chi connectivity index (χ3n) is 6.98. The van der Waals surface area contributed by atoms with Crippen molar-refractivity contribution in [1.82, 2.24) is 0 Å². The molecule has 0 radical (unpaired) electrons. The minimum Gasteiger partial charge on any atom is -0.383 e. The normalized spacial score (nSPS) is 16.0. The molecule has 4 rings (SSSR count). The summed E-state index contributed by atoms with van der Waals surface area (Å²) in [5.41, 5.74) is 10.8. The van der Waals surface area contributed by atoms with Crippen molar-refractivity contribution in [3.63, 3.8) is 0 Å². The molecule has 0 saturated carbocycles. The van der Waals surface area contributed by atoms with Gasteiger partial charge in [-0.05, 0) is 92.3 Å². The van der Waals surface area contributed by atoms with Crippen LogP contribution in [0.4, 0.5) is 11.4 Å². The Morgan fingerprint density at radius 1 is 0.778 bits per heavy atom. The van der Waals surface area contributed by atoms with Crippen LogP contribution in [0.3, 0.4) is 0 Å². The topological polar surface area (TPSA) is 27.6 Å². The van der Waals surface area contributed by atoms with E-state index in [1.54, 1.807) is 0 Å². The lowest BCUT2D eigenvalue weighted by Gasteiger charge is -2.23. The van der Waals surface area contributed by atoms with Crippen LogP contribution in [0.15, 0.2) is 89.9 Å². The molecule has 0 heterocycles. The number of benzene rings is 3. The fourth-order valence-electron chi connectivity index (χ4n) is 4.83. The van der Waals surface area contributed by atoms with E-state index in [9.17, 15) is 0 Å². The molecule has 0 aromatic heterocycles. The predicted molar refractivity (Wildman–Crippen MR) is 158 cm³/mol. The predicted octanol–water partition coefficient (Wildman–Crippen LogP) is 8.08. The molecule has 1 unspecified atom stereocenters. The summed E-state index contributed by atoms with van der Waals surface area (Å²) in [7, 11) is 0. The van der Waals surface area contributed by atoms with E-state index in [1.807, 2.05) is 0 Å². The van der Waals surface area contributed by atoms with Crippen molar-refractivity contribution in [2.75, 3.05) is 29.9 Å². The zero-order valence-corrected chi connectivity index (χ0v) is 22.4. The summed E-state index contributed by atoms with van der Waals surface area (Å²) in [5, 5.41) is 3.59. The molecule has 186 valence electrons. The van der Waals surface area contributed by atoms with Crippen LogP contribution in [-0.2, 0) is 0 Å². The molecule has 0 aliphatic heterocycles. The van der Waals surface area contributed by atoms with Crippen molar-refractivity contribution < 1.29 is 0 Å². The maximum Gasteiger partial charge on any atom is 0.0652 e. The summed E-state index contributed by atoms with van der Waals surface area (Å²) in [6.07, 6.45) is 5.51. The van der Waals surface area contributed by atoms with Crippen LogP contribution in [-0.4, -0.2) is 31.4 Å². The molecule has 3 aromatic carbocycles. The fraction of sp³-hybridized carbons (Fsp3) is 0.303. The van der Waals surface area contributed by atoms with Crippen LogP contribution >= 0.6 is 0 Å². The van der Waals surface area contributed by atoms with Gasteiger partial charge in [0.25, 0.3) is 0 Å². The molecular weight excluding hydrogens is 438 g/mol. The highest BCUT2D eigenvalue weighted by atomic mass is 15.1. The molecule has 0 spiro atoms. The van der Waals surface area contributed by atoms with E-state index in [1.165, 1.54) is 39.1 Å². The van der Waals surface area contributed by atoms with Gasteiger partial charge in [-0.2, -0.15) is 0 Å². The minimum atomic E-state index is 0.450. The molecule has 0 bridgehead atoms. The summed E-state index contributed by atoms with van der Waals surface area (Å²) in [6.45, 7) is 13.7. The second-order valence-electron chi connectivity index (χ2n) is 9.28. The number of aliphatic imine (C=N–C) groups is 1. The first kappa shape index (κ1) is 25.5. The Morgan fingerprint density at radius 3 is 1.97 bits per heavy atom. The summed E-state index contributed by atoms with van der Waals surface area (Å²) in [5.74, 6) is 0. The van der Waals surface area contributed by atoms with Crippen LogP contribution in [0.1, 0.15) is 63.3 Å². The molecule has 0 saturated heterocycles. The zero-order valence-electron chi connectivity index (χ0n) is 22.4. The Balaban J connectivity index is 1.88. The van der Waals surface area contributed by atoms with Crippen LogP contribution < -0.4 is 10.2 Å². The van der Waals surface area contributed by atoms with Gasteiger partial charge in [0.05, 0.1) is 5.71 Å². The van der Waals surface area contributed by atoms with E-state index in [0.717, 1.165) is 37.5 Å². The molecule has 3 heteroatoms. The molecule has 1 N–H and O–H groups in total. The standard InChI is InChI=1S/C33H39N3/c1-6-24(5)35-27-18-14-25(15-19-27)33(26-16-20-28(21-17-26)36(8-3)9-4)31-22-23-32(34-7-2)30-13-11-10-12-29(30)31/h10-24,35H,6-9H2,1-5H3. The van der Waals surface area contributed by atoms with Crippen LogP contribution in [0.5, 0.6) is 0 Å². The molecule has 3 aromatic rings. The molecule has 36 heavy (non-hydrogen) atoms. The van der Waals surface area contributed by atoms with Gasteiger partial charge in [-0.1, -0.05) is 61.5 Å². The van der Waals surface area contributed by atoms with Crippen LogP contribution in [0.2, 0.25) is 0 Å². The molecule has 0 fully saturated rings. The maximum absolute atomic E-state index is 4.75. The van der Waals surface area contributed by atoms with Crippen molar-refractivity contribution in [3.05, 3.63) is 107 Å². The zero-order chi connectivity index (χ0) is 25.5. The third kappa shape index (κ3) is 5.46. The fourth-order valence-corrected chi connectivity index (χ4v) is 4.83.